The van der Waals surface area contributed by atoms with Gasteiger partial charge in [-0.3, -0.25) is 4.90 Å². The Morgan fingerprint density at radius 1 is 1.45 bits per heavy atom. The van der Waals surface area contributed by atoms with Crippen LogP contribution in [0.2, 0.25) is 0 Å². The Kier molecular flexibility index (Phi) is 4.15. The third-order valence-electron chi connectivity index (χ3n) is 3.44. The summed E-state index contributed by atoms with van der Waals surface area (Å²) in [5.74, 6) is -2.21. The first-order valence-corrected chi connectivity index (χ1v) is 6.06. The van der Waals surface area contributed by atoms with E-state index < -0.39 is 23.8 Å². The van der Waals surface area contributed by atoms with Crippen molar-refractivity contribution in [1.82, 2.24) is 10.2 Å². The van der Waals surface area contributed by atoms with Gasteiger partial charge < -0.3 is 10.4 Å². The molecule has 1 aromatic rings. The van der Waals surface area contributed by atoms with Gasteiger partial charge in [0.15, 0.2) is 11.6 Å². The van der Waals surface area contributed by atoms with E-state index in [-0.39, 0.29) is 12.5 Å². The van der Waals surface area contributed by atoms with Gasteiger partial charge in [0.05, 0.1) is 12.1 Å². The standard InChI is InChI=1S/C13H13F2N3O2/c14-10-2-1-8(5-11(10)15)9-6-17-7-12(9)18(4-3-16)13(19)20/h1-2,5,9,12,17H,4,6-7H2,(H,19,20)/t9-,12+/m0/s1. The second-order valence-corrected chi connectivity index (χ2v) is 4.57. The van der Waals surface area contributed by atoms with Crippen LogP contribution >= 0.6 is 0 Å². The molecule has 1 fully saturated rings. The second kappa shape index (κ2) is 5.84. The quantitative estimate of drug-likeness (QED) is 0.824. The zero-order valence-electron chi connectivity index (χ0n) is 10.5. The molecule has 2 N–H and O–H groups in total. The van der Waals surface area contributed by atoms with Crippen LogP contribution in [-0.4, -0.2) is 41.8 Å². The Labute approximate surface area is 114 Å². The molecule has 2 atom stereocenters. The number of hydrogen-bond donors (Lipinski definition) is 2. The van der Waals surface area contributed by atoms with Gasteiger partial charge in [0.2, 0.25) is 0 Å². The zero-order valence-corrected chi connectivity index (χ0v) is 10.5. The molecule has 0 aliphatic carbocycles. The molecule has 0 unspecified atom stereocenters. The molecular formula is C13H13F2N3O2. The molecule has 7 heteroatoms. The van der Waals surface area contributed by atoms with Gasteiger partial charge in [0.1, 0.15) is 6.54 Å². The smallest absolute Gasteiger partial charge is 0.408 e. The van der Waals surface area contributed by atoms with Crippen molar-refractivity contribution in [3.05, 3.63) is 35.4 Å². The molecule has 0 spiro atoms. The van der Waals surface area contributed by atoms with Gasteiger partial charge in [-0.1, -0.05) is 6.07 Å². The average Bonchev–Trinajstić information content (AvgIpc) is 2.87. The van der Waals surface area contributed by atoms with Crippen molar-refractivity contribution in [1.29, 1.82) is 5.26 Å². The highest BCUT2D eigenvalue weighted by Gasteiger charge is 2.35. The van der Waals surface area contributed by atoms with Gasteiger partial charge in [-0.15, -0.1) is 0 Å². The monoisotopic (exact) mass is 281 g/mol. The Hall–Kier alpha value is -2.20. The van der Waals surface area contributed by atoms with Crippen molar-refractivity contribution in [2.45, 2.75) is 12.0 Å². The predicted molar refractivity (Wildman–Crippen MR) is 66.1 cm³/mol. The summed E-state index contributed by atoms with van der Waals surface area (Å²) < 4.78 is 26.2. The van der Waals surface area contributed by atoms with Crippen LogP contribution < -0.4 is 5.32 Å². The zero-order chi connectivity index (χ0) is 14.7. The molecule has 1 aliphatic rings. The van der Waals surface area contributed by atoms with Gasteiger partial charge >= 0.3 is 6.09 Å². The first-order valence-electron chi connectivity index (χ1n) is 6.06. The largest absolute Gasteiger partial charge is 0.465 e. The van der Waals surface area contributed by atoms with Crippen molar-refractivity contribution >= 4 is 6.09 Å². The first kappa shape index (κ1) is 14.2. The molecule has 0 bridgehead atoms. The van der Waals surface area contributed by atoms with Crippen LogP contribution in [0.15, 0.2) is 18.2 Å². The summed E-state index contributed by atoms with van der Waals surface area (Å²) in [4.78, 5) is 12.2. The van der Waals surface area contributed by atoms with E-state index >= 15 is 0 Å². The fourth-order valence-corrected chi connectivity index (χ4v) is 2.48. The van der Waals surface area contributed by atoms with Crippen molar-refractivity contribution < 1.29 is 18.7 Å². The number of nitrogens with one attached hydrogen (secondary N) is 1. The highest BCUT2D eigenvalue weighted by molar-refractivity contribution is 5.66. The highest BCUT2D eigenvalue weighted by atomic mass is 19.2. The number of carboxylic acid groups (broad SMARTS) is 1. The molecular weight excluding hydrogens is 268 g/mol. The van der Waals surface area contributed by atoms with E-state index in [1.807, 2.05) is 0 Å². The fraction of sp³-hybridized carbons (Fsp3) is 0.385. The predicted octanol–water partition coefficient (Wildman–Crippen LogP) is 1.52. The van der Waals surface area contributed by atoms with E-state index in [0.717, 1.165) is 17.0 Å². The van der Waals surface area contributed by atoms with Crippen LogP contribution in [0, 0.1) is 23.0 Å². The Balaban J connectivity index is 2.28. The summed E-state index contributed by atoms with van der Waals surface area (Å²) in [5, 5.41) is 20.9. The van der Waals surface area contributed by atoms with E-state index in [1.54, 1.807) is 6.07 Å². The second-order valence-electron chi connectivity index (χ2n) is 4.57. The number of amides is 1. The van der Waals surface area contributed by atoms with Crippen LogP contribution in [0.25, 0.3) is 0 Å². The molecule has 1 aromatic carbocycles. The number of hydrogen-bond acceptors (Lipinski definition) is 3. The SMILES string of the molecule is N#CCN(C(=O)O)[C@@H]1CNC[C@H]1c1ccc(F)c(F)c1. The molecule has 1 aliphatic heterocycles. The first-order chi connectivity index (χ1) is 9.54. The fourth-order valence-electron chi connectivity index (χ4n) is 2.48. The van der Waals surface area contributed by atoms with Crippen molar-refractivity contribution in [3.63, 3.8) is 0 Å². The lowest BCUT2D eigenvalue weighted by molar-refractivity contribution is 0.131. The maximum atomic E-state index is 13.3. The maximum absolute atomic E-state index is 13.3. The van der Waals surface area contributed by atoms with Gasteiger partial charge in [0, 0.05) is 19.0 Å². The van der Waals surface area contributed by atoms with E-state index in [1.165, 1.54) is 6.07 Å². The molecule has 0 radical (unpaired) electrons. The molecule has 0 aromatic heterocycles. The van der Waals surface area contributed by atoms with Gasteiger partial charge in [-0.25, -0.2) is 13.6 Å². The van der Waals surface area contributed by atoms with Crippen molar-refractivity contribution in [3.8, 4) is 6.07 Å². The summed E-state index contributed by atoms with van der Waals surface area (Å²) in [6, 6.07) is 4.87. The summed E-state index contributed by atoms with van der Waals surface area (Å²) >= 11 is 0. The van der Waals surface area contributed by atoms with Crippen molar-refractivity contribution in [2.24, 2.45) is 0 Å². The molecule has 106 valence electrons. The van der Waals surface area contributed by atoms with Crippen LogP contribution in [0.1, 0.15) is 11.5 Å². The number of halogens is 2. The molecule has 1 saturated heterocycles. The number of carbonyl (C=O) groups is 1. The minimum absolute atomic E-state index is 0.262. The molecule has 20 heavy (non-hydrogen) atoms. The molecule has 1 heterocycles. The summed E-state index contributed by atoms with van der Waals surface area (Å²) in [6.07, 6.45) is -1.20. The molecule has 1 amide bonds. The average molecular weight is 281 g/mol. The highest BCUT2D eigenvalue weighted by Crippen LogP contribution is 2.28. The minimum Gasteiger partial charge on any atom is -0.465 e. The topological polar surface area (TPSA) is 76.4 Å². The third kappa shape index (κ3) is 2.70. The number of benzene rings is 1. The van der Waals surface area contributed by atoms with Crippen LogP contribution in [0.5, 0.6) is 0 Å². The summed E-state index contributed by atoms with van der Waals surface area (Å²) in [5.41, 5.74) is 0.517. The van der Waals surface area contributed by atoms with Crippen LogP contribution in [0.4, 0.5) is 13.6 Å². The lowest BCUT2D eigenvalue weighted by atomic mass is 9.93. The van der Waals surface area contributed by atoms with E-state index in [0.29, 0.717) is 18.7 Å². The molecule has 0 saturated carbocycles. The number of nitriles is 1. The lowest BCUT2D eigenvalue weighted by Crippen LogP contribution is -2.43. The minimum atomic E-state index is -1.20. The van der Waals surface area contributed by atoms with E-state index in [4.69, 9.17) is 10.4 Å². The number of nitrogens with zero attached hydrogens (tertiary/aromatic N) is 2. The van der Waals surface area contributed by atoms with E-state index in [9.17, 15) is 13.6 Å². The molecule has 5 nitrogen and oxygen atoms in total. The van der Waals surface area contributed by atoms with Crippen LogP contribution in [0.3, 0.4) is 0 Å². The Bertz CT molecular complexity index is 559. The van der Waals surface area contributed by atoms with Crippen LogP contribution in [-0.2, 0) is 0 Å². The summed E-state index contributed by atoms with van der Waals surface area (Å²) in [7, 11) is 0. The number of rotatable bonds is 3. The lowest BCUT2D eigenvalue weighted by Gasteiger charge is -2.28. The van der Waals surface area contributed by atoms with Gasteiger partial charge in [-0.2, -0.15) is 5.26 Å². The Morgan fingerprint density at radius 3 is 2.80 bits per heavy atom. The van der Waals surface area contributed by atoms with Gasteiger partial charge in [0.25, 0.3) is 0 Å². The van der Waals surface area contributed by atoms with Crippen molar-refractivity contribution in [2.75, 3.05) is 19.6 Å². The van der Waals surface area contributed by atoms with E-state index in [2.05, 4.69) is 5.32 Å². The third-order valence-corrected chi connectivity index (χ3v) is 3.44. The van der Waals surface area contributed by atoms with Gasteiger partial charge in [-0.05, 0) is 17.7 Å². The maximum Gasteiger partial charge on any atom is 0.408 e. The normalized spacial score (nSPS) is 21.4. The summed E-state index contributed by atoms with van der Waals surface area (Å²) in [6.45, 7) is 0.560. The molecule has 2 rings (SSSR count). The Morgan fingerprint density at radius 2 is 2.20 bits per heavy atom.